The molecule has 1 atom stereocenters. The maximum absolute atomic E-state index is 12.0. The molecule has 2 fully saturated rings. The Morgan fingerprint density at radius 1 is 1.26 bits per heavy atom. The fourth-order valence-electron chi connectivity index (χ4n) is 2.27. The Kier molecular flexibility index (Phi) is 4.76. The van der Waals surface area contributed by atoms with E-state index in [9.17, 15) is 9.59 Å². The third kappa shape index (κ3) is 4.18. The van der Waals surface area contributed by atoms with E-state index in [1.165, 1.54) is 7.11 Å². The molecule has 6 nitrogen and oxygen atoms in total. The number of piperazine rings is 1. The molecule has 0 radical (unpaired) electrons. The van der Waals surface area contributed by atoms with Crippen LogP contribution in [-0.2, 0) is 14.3 Å². The lowest BCUT2D eigenvalue weighted by molar-refractivity contribution is -0.142. The summed E-state index contributed by atoms with van der Waals surface area (Å²) in [6.07, 6.45) is 2.23. The molecule has 0 spiro atoms. The van der Waals surface area contributed by atoms with Gasteiger partial charge < -0.3 is 10.1 Å². The zero-order valence-electron chi connectivity index (χ0n) is 11.7. The highest BCUT2D eigenvalue weighted by molar-refractivity contribution is 5.81. The topological polar surface area (TPSA) is 61.9 Å². The lowest BCUT2D eigenvalue weighted by Gasteiger charge is -2.36. The average Bonchev–Trinajstić information content (AvgIpc) is 3.22. The zero-order valence-corrected chi connectivity index (χ0v) is 11.7. The molecule has 1 aliphatic heterocycles. The van der Waals surface area contributed by atoms with Crippen molar-refractivity contribution in [3.8, 4) is 0 Å². The van der Waals surface area contributed by atoms with Crippen molar-refractivity contribution in [2.24, 2.45) is 0 Å². The molecule has 0 aromatic heterocycles. The molecule has 0 aromatic rings. The third-order valence-electron chi connectivity index (χ3n) is 3.84. The van der Waals surface area contributed by atoms with Crippen LogP contribution in [0.3, 0.4) is 0 Å². The Morgan fingerprint density at radius 2 is 1.89 bits per heavy atom. The quantitative estimate of drug-likeness (QED) is 0.678. The number of hydrogen-bond donors (Lipinski definition) is 1. The molecular weight excluding hydrogens is 246 g/mol. The minimum absolute atomic E-state index is 0.0825. The van der Waals surface area contributed by atoms with Crippen LogP contribution in [0.15, 0.2) is 0 Å². The Balaban J connectivity index is 1.72. The van der Waals surface area contributed by atoms with E-state index < -0.39 is 0 Å². The monoisotopic (exact) mass is 269 g/mol. The molecule has 1 aliphatic carbocycles. The Morgan fingerprint density at radius 3 is 2.42 bits per heavy atom. The van der Waals surface area contributed by atoms with E-state index in [1.54, 1.807) is 0 Å². The highest BCUT2D eigenvalue weighted by atomic mass is 16.5. The van der Waals surface area contributed by atoms with Crippen molar-refractivity contribution in [3.63, 3.8) is 0 Å². The molecule has 6 heteroatoms. The first-order valence-electron chi connectivity index (χ1n) is 6.93. The van der Waals surface area contributed by atoms with E-state index in [1.807, 2.05) is 6.92 Å². The van der Waals surface area contributed by atoms with Crippen molar-refractivity contribution in [2.45, 2.75) is 31.8 Å². The molecule has 0 aromatic carbocycles. The maximum atomic E-state index is 12.0. The summed E-state index contributed by atoms with van der Waals surface area (Å²) in [5.74, 6) is -0.0723. The second-order valence-electron chi connectivity index (χ2n) is 5.35. The van der Waals surface area contributed by atoms with Crippen LogP contribution in [-0.4, -0.2) is 73.6 Å². The van der Waals surface area contributed by atoms with Crippen LogP contribution in [0, 0.1) is 0 Å². The molecule has 2 rings (SSSR count). The summed E-state index contributed by atoms with van der Waals surface area (Å²) >= 11 is 0. The number of amides is 1. The summed E-state index contributed by atoms with van der Waals surface area (Å²) in [5, 5.41) is 3.04. The smallest absolute Gasteiger partial charge is 0.319 e. The third-order valence-corrected chi connectivity index (χ3v) is 3.84. The Labute approximate surface area is 114 Å². The second-order valence-corrected chi connectivity index (χ2v) is 5.35. The van der Waals surface area contributed by atoms with E-state index in [2.05, 4.69) is 19.9 Å². The van der Waals surface area contributed by atoms with E-state index in [4.69, 9.17) is 0 Å². The molecule has 1 amide bonds. The summed E-state index contributed by atoms with van der Waals surface area (Å²) in [5.41, 5.74) is 0. The van der Waals surface area contributed by atoms with Crippen molar-refractivity contribution in [3.05, 3.63) is 0 Å². The molecule has 19 heavy (non-hydrogen) atoms. The number of rotatable bonds is 5. The number of ether oxygens (including phenoxy) is 1. The molecule has 2 aliphatic rings. The van der Waals surface area contributed by atoms with E-state index in [0.717, 1.165) is 39.0 Å². The van der Waals surface area contributed by atoms with Gasteiger partial charge in [-0.15, -0.1) is 0 Å². The fraction of sp³-hybridized carbons (Fsp3) is 0.846. The van der Waals surface area contributed by atoms with Gasteiger partial charge >= 0.3 is 5.97 Å². The normalized spacial score (nSPS) is 22.8. The minimum Gasteiger partial charge on any atom is -0.468 e. The first kappa shape index (κ1) is 14.3. The van der Waals surface area contributed by atoms with Gasteiger partial charge in [0.25, 0.3) is 0 Å². The number of hydrogen-bond acceptors (Lipinski definition) is 5. The molecule has 0 bridgehead atoms. The predicted molar refractivity (Wildman–Crippen MR) is 70.7 cm³/mol. The second kappa shape index (κ2) is 6.34. The number of esters is 1. The molecule has 1 saturated heterocycles. The summed E-state index contributed by atoms with van der Waals surface area (Å²) in [6.45, 7) is 5.53. The van der Waals surface area contributed by atoms with Crippen molar-refractivity contribution >= 4 is 11.9 Å². The summed E-state index contributed by atoms with van der Waals surface area (Å²) in [4.78, 5) is 27.4. The summed E-state index contributed by atoms with van der Waals surface area (Å²) in [7, 11) is 1.41. The van der Waals surface area contributed by atoms with Gasteiger partial charge in [0.1, 0.15) is 0 Å². The van der Waals surface area contributed by atoms with Crippen LogP contribution in [0.4, 0.5) is 0 Å². The van der Waals surface area contributed by atoms with Crippen LogP contribution in [0.1, 0.15) is 19.8 Å². The highest BCUT2D eigenvalue weighted by Gasteiger charge is 2.30. The summed E-state index contributed by atoms with van der Waals surface area (Å²) < 4.78 is 4.66. The number of carbonyl (C=O) groups is 2. The largest absolute Gasteiger partial charge is 0.468 e. The predicted octanol–water partition coefficient (Wildman–Crippen LogP) is -0.556. The van der Waals surface area contributed by atoms with Gasteiger partial charge in [-0.3, -0.25) is 19.4 Å². The fourth-order valence-corrected chi connectivity index (χ4v) is 2.27. The number of nitrogens with zero attached hydrogens (tertiary/aromatic N) is 2. The van der Waals surface area contributed by atoms with Crippen LogP contribution in [0.2, 0.25) is 0 Å². The van der Waals surface area contributed by atoms with Crippen molar-refractivity contribution < 1.29 is 14.3 Å². The zero-order chi connectivity index (χ0) is 13.8. The van der Waals surface area contributed by atoms with Gasteiger partial charge in [0, 0.05) is 32.2 Å². The Bertz CT molecular complexity index is 336. The standard InChI is InChI=1S/C13H23N3O3/c1-10(13(18)14-11-3-4-11)16-7-5-15(6-8-16)9-12(17)19-2/h10-11H,3-9H2,1-2H3,(H,14,18). The van der Waals surface area contributed by atoms with Gasteiger partial charge in [0.15, 0.2) is 0 Å². The van der Waals surface area contributed by atoms with Crippen LogP contribution in [0.25, 0.3) is 0 Å². The maximum Gasteiger partial charge on any atom is 0.319 e. The molecule has 1 unspecified atom stereocenters. The number of methoxy groups -OCH3 is 1. The molecule has 1 saturated carbocycles. The van der Waals surface area contributed by atoms with Crippen LogP contribution in [0.5, 0.6) is 0 Å². The summed E-state index contributed by atoms with van der Waals surface area (Å²) in [6, 6.07) is 0.330. The van der Waals surface area contributed by atoms with Gasteiger partial charge in [0.2, 0.25) is 5.91 Å². The molecule has 108 valence electrons. The van der Waals surface area contributed by atoms with Crippen LogP contribution < -0.4 is 5.32 Å². The lowest BCUT2D eigenvalue weighted by Crippen LogP contribution is -2.54. The highest BCUT2D eigenvalue weighted by Crippen LogP contribution is 2.19. The lowest BCUT2D eigenvalue weighted by atomic mass is 10.2. The first-order valence-corrected chi connectivity index (χ1v) is 6.93. The van der Waals surface area contributed by atoms with Crippen molar-refractivity contribution in [1.82, 2.24) is 15.1 Å². The van der Waals surface area contributed by atoms with Gasteiger partial charge in [-0.05, 0) is 19.8 Å². The molecular formula is C13H23N3O3. The van der Waals surface area contributed by atoms with Crippen LogP contribution >= 0.6 is 0 Å². The van der Waals surface area contributed by atoms with E-state index in [0.29, 0.717) is 12.6 Å². The van der Waals surface area contributed by atoms with Gasteiger partial charge in [0.05, 0.1) is 19.7 Å². The number of carbonyl (C=O) groups excluding carboxylic acids is 2. The SMILES string of the molecule is COC(=O)CN1CCN(C(C)C(=O)NC2CC2)CC1. The molecule has 1 heterocycles. The van der Waals surface area contributed by atoms with Gasteiger partial charge in [-0.1, -0.05) is 0 Å². The van der Waals surface area contributed by atoms with Gasteiger partial charge in [-0.2, -0.15) is 0 Å². The minimum atomic E-state index is -0.201. The van der Waals surface area contributed by atoms with E-state index >= 15 is 0 Å². The van der Waals surface area contributed by atoms with E-state index in [-0.39, 0.29) is 17.9 Å². The average molecular weight is 269 g/mol. The van der Waals surface area contributed by atoms with Crippen molar-refractivity contribution in [2.75, 3.05) is 39.8 Å². The Hall–Kier alpha value is -1.14. The molecule has 1 N–H and O–H groups in total. The van der Waals surface area contributed by atoms with Gasteiger partial charge in [-0.25, -0.2) is 0 Å². The van der Waals surface area contributed by atoms with Crippen molar-refractivity contribution in [1.29, 1.82) is 0 Å². The first-order chi connectivity index (χ1) is 9.10. The number of nitrogens with one attached hydrogen (secondary N) is 1.